The normalized spacial score (nSPS) is 11.3. The Morgan fingerprint density at radius 3 is 2.19 bits per heavy atom. The van der Waals surface area contributed by atoms with Gasteiger partial charge in [-0.15, -0.1) is 0 Å². The van der Waals surface area contributed by atoms with Crippen molar-refractivity contribution >= 4 is 56.5 Å². The monoisotopic (exact) mass is 427 g/mol. The Kier molecular flexibility index (Phi) is 5.35. The number of nitrogens with zero attached hydrogens (tertiary/aromatic N) is 2. The molecule has 0 aliphatic heterocycles. The smallest absolute Gasteiger partial charge is 0.271 e. The van der Waals surface area contributed by atoms with Crippen LogP contribution in [0.1, 0.15) is 5.56 Å². The fraction of sp³-hybridized carbons (Fsp3) is 0. The fourth-order valence-electron chi connectivity index (χ4n) is 3.41. The summed E-state index contributed by atoms with van der Waals surface area (Å²) < 4.78 is 0. The van der Waals surface area contributed by atoms with Gasteiger partial charge in [0, 0.05) is 12.1 Å². The average Bonchev–Trinajstić information content (AvgIpc) is 2.77. The van der Waals surface area contributed by atoms with Gasteiger partial charge in [-0.25, -0.2) is 0 Å². The van der Waals surface area contributed by atoms with Crippen LogP contribution >= 0.6 is 11.6 Å². The van der Waals surface area contributed by atoms with Crippen molar-refractivity contribution < 1.29 is 9.72 Å². The lowest BCUT2D eigenvalue weighted by Gasteiger charge is -2.10. The van der Waals surface area contributed by atoms with Crippen molar-refractivity contribution in [2.75, 3.05) is 5.32 Å². The summed E-state index contributed by atoms with van der Waals surface area (Å²) in [7, 11) is 0. The molecule has 1 amide bonds. The van der Waals surface area contributed by atoms with E-state index in [1.807, 2.05) is 54.6 Å². The van der Waals surface area contributed by atoms with E-state index in [0.29, 0.717) is 0 Å². The minimum absolute atomic E-state index is 0.0600. The van der Waals surface area contributed by atoms with E-state index in [2.05, 4.69) is 11.4 Å². The molecular formula is C24H14ClN3O3. The summed E-state index contributed by atoms with van der Waals surface area (Å²) >= 11 is 6.07. The van der Waals surface area contributed by atoms with Crippen molar-refractivity contribution in [2.45, 2.75) is 0 Å². The second-order valence-electron chi connectivity index (χ2n) is 6.78. The van der Waals surface area contributed by atoms with Crippen LogP contribution in [0.5, 0.6) is 0 Å². The third kappa shape index (κ3) is 3.95. The van der Waals surface area contributed by atoms with Crippen molar-refractivity contribution in [3.8, 4) is 6.07 Å². The van der Waals surface area contributed by atoms with E-state index in [9.17, 15) is 20.2 Å². The van der Waals surface area contributed by atoms with Crippen LogP contribution in [-0.2, 0) is 4.79 Å². The van der Waals surface area contributed by atoms with Crippen LogP contribution in [0.25, 0.3) is 27.6 Å². The van der Waals surface area contributed by atoms with Gasteiger partial charge in [0.25, 0.3) is 11.6 Å². The molecular weight excluding hydrogens is 414 g/mol. The number of nitro benzene ring substituents is 1. The maximum atomic E-state index is 12.8. The van der Waals surface area contributed by atoms with E-state index in [0.717, 1.165) is 33.2 Å². The number of benzene rings is 4. The first-order valence-corrected chi connectivity index (χ1v) is 9.63. The maximum absolute atomic E-state index is 12.8. The van der Waals surface area contributed by atoms with Gasteiger partial charge in [-0.2, -0.15) is 5.26 Å². The molecule has 0 spiro atoms. The quantitative estimate of drug-likeness (QED) is 0.140. The molecule has 0 atom stereocenters. The van der Waals surface area contributed by atoms with E-state index in [1.54, 1.807) is 0 Å². The van der Waals surface area contributed by atoms with Gasteiger partial charge >= 0.3 is 0 Å². The molecule has 31 heavy (non-hydrogen) atoms. The molecule has 1 N–H and O–H groups in total. The van der Waals surface area contributed by atoms with E-state index >= 15 is 0 Å². The van der Waals surface area contributed by atoms with E-state index in [1.165, 1.54) is 18.2 Å². The van der Waals surface area contributed by atoms with Crippen LogP contribution in [0, 0.1) is 21.4 Å². The van der Waals surface area contributed by atoms with E-state index in [-0.39, 0.29) is 22.0 Å². The van der Waals surface area contributed by atoms with Gasteiger partial charge in [-0.1, -0.05) is 60.1 Å². The molecule has 0 bridgehead atoms. The Labute approximate surface area is 182 Å². The summed E-state index contributed by atoms with van der Waals surface area (Å²) in [5, 5.41) is 27.1. The highest BCUT2D eigenvalue weighted by molar-refractivity contribution is 6.34. The molecule has 0 aliphatic carbocycles. The molecule has 7 heteroatoms. The molecule has 0 unspecified atom stereocenters. The Bertz CT molecular complexity index is 1380. The summed E-state index contributed by atoms with van der Waals surface area (Å²) in [6, 6.07) is 23.1. The molecule has 4 rings (SSSR count). The largest absolute Gasteiger partial charge is 0.320 e. The first-order chi connectivity index (χ1) is 15.0. The van der Waals surface area contributed by atoms with E-state index < -0.39 is 10.8 Å². The highest BCUT2D eigenvalue weighted by Gasteiger charge is 2.16. The van der Waals surface area contributed by atoms with Crippen LogP contribution in [-0.4, -0.2) is 10.8 Å². The summed E-state index contributed by atoms with van der Waals surface area (Å²) in [5.74, 6) is -0.707. The third-order valence-electron chi connectivity index (χ3n) is 4.88. The number of nitriles is 1. The summed E-state index contributed by atoms with van der Waals surface area (Å²) in [5.41, 5.74) is 0.432. The predicted octanol–water partition coefficient (Wildman–Crippen LogP) is 6.10. The zero-order valence-electron chi connectivity index (χ0n) is 16.0. The van der Waals surface area contributed by atoms with Crippen molar-refractivity contribution in [3.05, 3.63) is 99.1 Å². The van der Waals surface area contributed by atoms with Crippen molar-refractivity contribution in [2.24, 2.45) is 0 Å². The SMILES string of the molecule is N#C/C(=C\c1c2ccccc2cc2ccccc12)C(=O)Nc1cc([N+](=O)[O-])ccc1Cl. The van der Waals surface area contributed by atoms with Crippen molar-refractivity contribution in [3.63, 3.8) is 0 Å². The molecule has 0 heterocycles. The highest BCUT2D eigenvalue weighted by Crippen LogP contribution is 2.31. The van der Waals surface area contributed by atoms with Crippen LogP contribution in [0.15, 0.2) is 78.4 Å². The van der Waals surface area contributed by atoms with Gasteiger partial charge in [-0.05, 0) is 45.3 Å². The van der Waals surface area contributed by atoms with E-state index in [4.69, 9.17) is 11.6 Å². The molecule has 150 valence electrons. The summed E-state index contributed by atoms with van der Waals surface area (Å²) in [4.78, 5) is 23.3. The Morgan fingerprint density at radius 1 is 1.00 bits per heavy atom. The minimum atomic E-state index is -0.707. The first-order valence-electron chi connectivity index (χ1n) is 9.25. The molecule has 4 aromatic carbocycles. The number of fused-ring (bicyclic) bond motifs is 2. The second kappa shape index (κ2) is 8.27. The number of carbonyl (C=O) groups is 1. The number of rotatable bonds is 4. The molecule has 0 saturated carbocycles. The lowest BCUT2D eigenvalue weighted by atomic mass is 9.95. The topological polar surface area (TPSA) is 96.0 Å². The lowest BCUT2D eigenvalue weighted by molar-refractivity contribution is -0.384. The summed E-state index contributed by atoms with van der Waals surface area (Å²) in [6.45, 7) is 0. The summed E-state index contributed by atoms with van der Waals surface area (Å²) in [6.07, 6.45) is 1.53. The van der Waals surface area contributed by atoms with Gasteiger partial charge in [0.1, 0.15) is 11.6 Å². The number of halogens is 1. The van der Waals surface area contributed by atoms with Crippen LogP contribution < -0.4 is 5.32 Å². The first kappa shape index (κ1) is 20.1. The molecule has 4 aromatic rings. The number of anilines is 1. The number of carbonyl (C=O) groups excluding carboxylic acids is 1. The van der Waals surface area contributed by atoms with Crippen molar-refractivity contribution in [1.29, 1.82) is 5.26 Å². The van der Waals surface area contributed by atoms with Gasteiger partial charge in [-0.3, -0.25) is 14.9 Å². The second-order valence-corrected chi connectivity index (χ2v) is 7.18. The minimum Gasteiger partial charge on any atom is -0.320 e. The van der Waals surface area contributed by atoms with Crippen molar-refractivity contribution in [1.82, 2.24) is 0 Å². The Balaban J connectivity index is 1.81. The number of amides is 1. The van der Waals surface area contributed by atoms with Gasteiger partial charge in [0.15, 0.2) is 0 Å². The highest BCUT2D eigenvalue weighted by atomic mass is 35.5. The standard InChI is InChI=1S/C24H14ClN3O3/c25-22-10-9-18(28(30)31)13-23(22)27-24(29)17(14-26)12-21-19-7-3-1-5-15(19)11-16-6-2-4-8-20(16)21/h1-13H,(H,27,29)/b17-12+. The maximum Gasteiger partial charge on any atom is 0.271 e. The lowest BCUT2D eigenvalue weighted by Crippen LogP contribution is -2.14. The number of hydrogen-bond donors (Lipinski definition) is 1. The van der Waals surface area contributed by atoms with Crippen LogP contribution in [0.3, 0.4) is 0 Å². The Hall–Kier alpha value is -4.21. The average molecular weight is 428 g/mol. The molecule has 0 fully saturated rings. The fourth-order valence-corrected chi connectivity index (χ4v) is 3.57. The molecule has 0 saturated heterocycles. The number of hydrogen-bond acceptors (Lipinski definition) is 4. The molecule has 0 radical (unpaired) electrons. The van der Waals surface area contributed by atoms with Crippen LogP contribution in [0.4, 0.5) is 11.4 Å². The Morgan fingerprint density at radius 2 is 1.61 bits per heavy atom. The number of non-ortho nitro benzene ring substituents is 1. The molecule has 6 nitrogen and oxygen atoms in total. The van der Waals surface area contributed by atoms with Gasteiger partial charge in [0.05, 0.1) is 15.6 Å². The molecule has 0 aliphatic rings. The zero-order chi connectivity index (χ0) is 22.0. The van der Waals surface area contributed by atoms with Gasteiger partial charge in [0.2, 0.25) is 0 Å². The number of nitro groups is 1. The molecule has 0 aromatic heterocycles. The zero-order valence-corrected chi connectivity index (χ0v) is 16.8. The van der Waals surface area contributed by atoms with Crippen LogP contribution in [0.2, 0.25) is 5.02 Å². The number of nitrogens with one attached hydrogen (secondary N) is 1. The van der Waals surface area contributed by atoms with Gasteiger partial charge < -0.3 is 5.32 Å². The third-order valence-corrected chi connectivity index (χ3v) is 5.21. The predicted molar refractivity (Wildman–Crippen MR) is 122 cm³/mol.